The SMILES string of the molecule is CCN(Cc1cccc(F)c1)C(=O)[C@@H]1CCCCN1C(=O)OC(C)(C)C. The normalized spacial score (nSPS) is 17.7. The highest BCUT2D eigenvalue weighted by Crippen LogP contribution is 2.23. The van der Waals surface area contributed by atoms with Crippen LogP contribution in [0.15, 0.2) is 24.3 Å². The first-order valence-electron chi connectivity index (χ1n) is 9.24. The first-order chi connectivity index (χ1) is 12.2. The van der Waals surface area contributed by atoms with Gasteiger partial charge in [0.2, 0.25) is 5.91 Å². The molecule has 1 aromatic carbocycles. The van der Waals surface area contributed by atoms with Crippen LogP contribution in [-0.4, -0.2) is 46.5 Å². The molecular formula is C20H29FN2O3. The van der Waals surface area contributed by atoms with Crippen molar-refractivity contribution >= 4 is 12.0 Å². The number of likely N-dealkylation sites (N-methyl/N-ethyl adjacent to an activating group) is 1. The lowest BCUT2D eigenvalue weighted by Crippen LogP contribution is -2.53. The number of benzene rings is 1. The van der Waals surface area contributed by atoms with E-state index in [2.05, 4.69) is 0 Å². The first-order valence-corrected chi connectivity index (χ1v) is 9.24. The summed E-state index contributed by atoms with van der Waals surface area (Å²) in [4.78, 5) is 28.8. The Morgan fingerprint density at radius 1 is 1.31 bits per heavy atom. The van der Waals surface area contributed by atoms with Crippen LogP contribution in [0.2, 0.25) is 0 Å². The average molecular weight is 364 g/mol. The summed E-state index contributed by atoms with van der Waals surface area (Å²) in [7, 11) is 0. The number of halogens is 1. The maximum atomic E-state index is 13.4. The monoisotopic (exact) mass is 364 g/mol. The summed E-state index contributed by atoms with van der Waals surface area (Å²) >= 11 is 0. The van der Waals surface area contributed by atoms with Crippen LogP contribution in [0, 0.1) is 5.82 Å². The summed E-state index contributed by atoms with van der Waals surface area (Å²) in [6.45, 7) is 8.66. The molecule has 0 radical (unpaired) electrons. The lowest BCUT2D eigenvalue weighted by Gasteiger charge is -2.38. The van der Waals surface area contributed by atoms with Crippen molar-refractivity contribution in [1.82, 2.24) is 9.80 Å². The smallest absolute Gasteiger partial charge is 0.410 e. The van der Waals surface area contributed by atoms with Crippen molar-refractivity contribution < 1.29 is 18.7 Å². The Balaban J connectivity index is 2.13. The van der Waals surface area contributed by atoms with Crippen LogP contribution in [0.5, 0.6) is 0 Å². The third kappa shape index (κ3) is 5.44. The van der Waals surface area contributed by atoms with Gasteiger partial charge in [-0.3, -0.25) is 9.69 Å². The highest BCUT2D eigenvalue weighted by atomic mass is 19.1. The molecule has 1 saturated heterocycles. The largest absolute Gasteiger partial charge is 0.444 e. The van der Waals surface area contributed by atoms with E-state index in [1.165, 1.54) is 12.1 Å². The van der Waals surface area contributed by atoms with Crippen LogP contribution in [0.1, 0.15) is 52.5 Å². The Morgan fingerprint density at radius 3 is 2.65 bits per heavy atom. The van der Waals surface area contributed by atoms with Gasteiger partial charge in [-0.1, -0.05) is 12.1 Å². The molecule has 1 atom stereocenters. The van der Waals surface area contributed by atoms with Crippen molar-refractivity contribution in [2.75, 3.05) is 13.1 Å². The average Bonchev–Trinajstić information content (AvgIpc) is 2.57. The second-order valence-electron chi connectivity index (χ2n) is 7.67. The molecule has 0 aromatic heterocycles. The zero-order valence-corrected chi connectivity index (χ0v) is 16.1. The van der Waals surface area contributed by atoms with Gasteiger partial charge in [-0.15, -0.1) is 0 Å². The minimum Gasteiger partial charge on any atom is -0.444 e. The maximum Gasteiger partial charge on any atom is 0.410 e. The lowest BCUT2D eigenvalue weighted by atomic mass is 10.0. The number of carbonyl (C=O) groups excluding carboxylic acids is 2. The molecule has 1 heterocycles. The molecule has 1 fully saturated rings. The maximum absolute atomic E-state index is 13.4. The summed E-state index contributed by atoms with van der Waals surface area (Å²) in [6.07, 6.45) is 1.93. The fraction of sp³-hybridized carbons (Fsp3) is 0.600. The second-order valence-corrected chi connectivity index (χ2v) is 7.67. The van der Waals surface area contributed by atoms with Crippen molar-refractivity contribution in [3.63, 3.8) is 0 Å². The number of piperidine rings is 1. The quantitative estimate of drug-likeness (QED) is 0.812. The number of carbonyl (C=O) groups is 2. The highest BCUT2D eigenvalue weighted by molar-refractivity contribution is 5.86. The van der Waals surface area contributed by atoms with Crippen LogP contribution in [-0.2, 0) is 16.1 Å². The van der Waals surface area contributed by atoms with E-state index in [0.29, 0.717) is 26.1 Å². The zero-order valence-electron chi connectivity index (χ0n) is 16.1. The van der Waals surface area contributed by atoms with Gasteiger partial charge in [-0.05, 0) is 64.7 Å². The fourth-order valence-corrected chi connectivity index (χ4v) is 3.14. The van der Waals surface area contributed by atoms with Crippen molar-refractivity contribution in [3.05, 3.63) is 35.6 Å². The van der Waals surface area contributed by atoms with Gasteiger partial charge in [0.25, 0.3) is 0 Å². The predicted octanol–water partition coefficient (Wildman–Crippen LogP) is 3.96. The number of amides is 2. The predicted molar refractivity (Wildman–Crippen MR) is 98.1 cm³/mol. The van der Waals surface area contributed by atoms with Gasteiger partial charge < -0.3 is 9.64 Å². The first kappa shape index (κ1) is 20.2. The van der Waals surface area contributed by atoms with E-state index in [0.717, 1.165) is 18.4 Å². The molecule has 26 heavy (non-hydrogen) atoms. The lowest BCUT2D eigenvalue weighted by molar-refractivity contribution is -0.138. The van der Waals surface area contributed by atoms with E-state index < -0.39 is 17.7 Å². The fourth-order valence-electron chi connectivity index (χ4n) is 3.14. The van der Waals surface area contributed by atoms with Gasteiger partial charge in [0.15, 0.2) is 0 Å². The summed E-state index contributed by atoms with van der Waals surface area (Å²) in [6, 6.07) is 5.73. The second kappa shape index (κ2) is 8.52. The van der Waals surface area contributed by atoms with Crippen molar-refractivity contribution in [1.29, 1.82) is 0 Å². The Morgan fingerprint density at radius 2 is 2.04 bits per heavy atom. The van der Waals surface area contributed by atoms with Crippen molar-refractivity contribution in [2.24, 2.45) is 0 Å². The van der Waals surface area contributed by atoms with Crippen LogP contribution >= 0.6 is 0 Å². The van der Waals surface area contributed by atoms with Crippen LogP contribution < -0.4 is 0 Å². The molecule has 1 aromatic rings. The number of hydrogen-bond acceptors (Lipinski definition) is 3. The molecule has 2 rings (SSSR count). The molecule has 5 nitrogen and oxygen atoms in total. The third-order valence-electron chi connectivity index (χ3n) is 4.37. The molecule has 0 saturated carbocycles. The van der Waals surface area contributed by atoms with Gasteiger partial charge in [0.05, 0.1) is 0 Å². The molecular weight excluding hydrogens is 335 g/mol. The Kier molecular flexibility index (Phi) is 6.62. The number of nitrogens with zero attached hydrogens (tertiary/aromatic N) is 2. The third-order valence-corrected chi connectivity index (χ3v) is 4.37. The molecule has 6 heteroatoms. The molecule has 2 amide bonds. The highest BCUT2D eigenvalue weighted by Gasteiger charge is 2.36. The van der Waals surface area contributed by atoms with Gasteiger partial charge >= 0.3 is 6.09 Å². The Bertz CT molecular complexity index is 642. The standard InChI is InChI=1S/C20H29FN2O3/c1-5-22(14-15-9-8-10-16(21)13-15)18(24)17-11-6-7-12-23(17)19(25)26-20(2,3)4/h8-10,13,17H,5-7,11-12,14H2,1-4H3/t17-/m0/s1. The molecule has 0 N–H and O–H groups in total. The number of hydrogen-bond donors (Lipinski definition) is 0. The number of likely N-dealkylation sites (tertiary alicyclic amines) is 1. The van der Waals surface area contributed by atoms with Gasteiger partial charge in [0, 0.05) is 19.6 Å². The molecule has 144 valence electrons. The zero-order chi connectivity index (χ0) is 19.3. The summed E-state index contributed by atoms with van der Waals surface area (Å²) in [5, 5.41) is 0. The topological polar surface area (TPSA) is 49.9 Å². The molecule has 0 bridgehead atoms. The van der Waals surface area contributed by atoms with Gasteiger partial charge in [-0.2, -0.15) is 0 Å². The van der Waals surface area contributed by atoms with Gasteiger partial charge in [-0.25, -0.2) is 9.18 Å². The van der Waals surface area contributed by atoms with E-state index in [1.807, 2.05) is 27.7 Å². The van der Waals surface area contributed by atoms with E-state index >= 15 is 0 Å². The van der Waals surface area contributed by atoms with E-state index in [1.54, 1.807) is 21.9 Å². The van der Waals surface area contributed by atoms with Crippen LogP contribution in [0.3, 0.4) is 0 Å². The molecule has 0 aliphatic carbocycles. The molecule has 0 spiro atoms. The Labute approximate surface area is 155 Å². The summed E-state index contributed by atoms with van der Waals surface area (Å²) in [5.74, 6) is -0.429. The van der Waals surface area contributed by atoms with E-state index in [4.69, 9.17) is 4.74 Å². The summed E-state index contributed by atoms with van der Waals surface area (Å²) in [5.41, 5.74) is 0.133. The van der Waals surface area contributed by atoms with Crippen LogP contribution in [0.4, 0.5) is 9.18 Å². The van der Waals surface area contributed by atoms with Crippen LogP contribution in [0.25, 0.3) is 0 Å². The minimum atomic E-state index is -0.603. The summed E-state index contributed by atoms with van der Waals surface area (Å²) < 4.78 is 18.9. The molecule has 1 aliphatic rings. The minimum absolute atomic E-state index is 0.109. The van der Waals surface area contributed by atoms with Crippen molar-refractivity contribution in [3.8, 4) is 0 Å². The Hall–Kier alpha value is -2.11. The molecule has 0 unspecified atom stereocenters. The van der Waals surface area contributed by atoms with E-state index in [-0.39, 0.29) is 11.7 Å². The number of ether oxygens (including phenoxy) is 1. The molecule has 1 aliphatic heterocycles. The number of rotatable bonds is 4. The van der Waals surface area contributed by atoms with Gasteiger partial charge in [0.1, 0.15) is 17.5 Å². The van der Waals surface area contributed by atoms with E-state index in [9.17, 15) is 14.0 Å². The van der Waals surface area contributed by atoms with Crippen molar-refractivity contribution in [2.45, 2.75) is 65.1 Å².